The summed E-state index contributed by atoms with van der Waals surface area (Å²) in [6, 6.07) is 11.6. The predicted molar refractivity (Wildman–Crippen MR) is 159 cm³/mol. The van der Waals surface area contributed by atoms with Gasteiger partial charge in [-0.3, -0.25) is 0 Å². The molecule has 41 heavy (non-hydrogen) atoms. The van der Waals surface area contributed by atoms with Crippen molar-refractivity contribution in [3.63, 3.8) is 0 Å². The van der Waals surface area contributed by atoms with E-state index >= 15 is 0 Å². The molecule has 0 saturated carbocycles. The normalized spacial score (nSPS) is 15.8. The van der Waals surface area contributed by atoms with Gasteiger partial charge in [-0.15, -0.1) is 0 Å². The minimum absolute atomic E-state index is 0.137. The minimum atomic E-state index is -0.691. The van der Waals surface area contributed by atoms with Gasteiger partial charge in [-0.1, -0.05) is 35.3 Å². The standard InChI is InChI=1S/C30H32Cl2FN5O3/c1-30(2,3)41-29(40)37-11-5-6-19(16-37)17-38-24(26-21(31)7-4-8-22(26)32)13-20-15-35-28(36-27(20)38)34-14-18-9-10-25(39)23(33)12-18/h4,7-10,12-13,15,19,39H,5-6,11,14,16-17H2,1-3H3,(H,34,35,36). The van der Waals surface area contributed by atoms with Crippen molar-refractivity contribution in [2.75, 3.05) is 18.4 Å². The molecule has 0 bridgehead atoms. The lowest BCUT2D eigenvalue weighted by Crippen LogP contribution is -2.43. The van der Waals surface area contributed by atoms with Crippen molar-refractivity contribution in [1.29, 1.82) is 0 Å². The zero-order valence-corrected chi connectivity index (χ0v) is 24.6. The second kappa shape index (κ2) is 11.7. The highest BCUT2D eigenvalue weighted by Crippen LogP contribution is 2.38. The molecule has 2 N–H and O–H groups in total. The van der Waals surface area contributed by atoms with E-state index in [2.05, 4.69) is 14.9 Å². The van der Waals surface area contributed by atoms with Crippen LogP contribution < -0.4 is 5.32 Å². The van der Waals surface area contributed by atoms with E-state index in [-0.39, 0.29) is 18.6 Å². The van der Waals surface area contributed by atoms with Gasteiger partial charge in [0, 0.05) is 43.3 Å². The molecule has 1 aliphatic heterocycles. The van der Waals surface area contributed by atoms with E-state index in [0.717, 1.165) is 23.9 Å². The van der Waals surface area contributed by atoms with Gasteiger partial charge in [0.05, 0.1) is 15.7 Å². The van der Waals surface area contributed by atoms with Crippen LogP contribution in [0.4, 0.5) is 15.1 Å². The van der Waals surface area contributed by atoms with Gasteiger partial charge in [-0.2, -0.15) is 4.98 Å². The number of hydrogen-bond acceptors (Lipinski definition) is 6. The number of carbonyl (C=O) groups is 1. The third-order valence-electron chi connectivity index (χ3n) is 6.93. The number of aromatic hydroxyl groups is 1. The minimum Gasteiger partial charge on any atom is -0.505 e. The highest BCUT2D eigenvalue weighted by Gasteiger charge is 2.29. The summed E-state index contributed by atoms with van der Waals surface area (Å²) in [6.45, 7) is 7.62. The predicted octanol–water partition coefficient (Wildman–Crippen LogP) is 7.51. The van der Waals surface area contributed by atoms with E-state index in [1.54, 1.807) is 35.4 Å². The number of benzene rings is 2. The van der Waals surface area contributed by atoms with Gasteiger partial charge in [0.15, 0.2) is 11.6 Å². The van der Waals surface area contributed by atoms with Crippen molar-refractivity contribution >= 4 is 46.3 Å². The molecule has 2 aromatic carbocycles. The highest BCUT2D eigenvalue weighted by molar-refractivity contribution is 6.39. The molecule has 1 amide bonds. The number of likely N-dealkylation sites (tertiary alicyclic amines) is 1. The summed E-state index contributed by atoms with van der Waals surface area (Å²) in [5.74, 6) is -0.592. The van der Waals surface area contributed by atoms with Gasteiger partial charge in [-0.05, 0) is 75.4 Å². The first-order valence-corrected chi connectivity index (χ1v) is 14.2. The summed E-state index contributed by atoms with van der Waals surface area (Å²) in [6.07, 6.45) is 3.20. The summed E-state index contributed by atoms with van der Waals surface area (Å²) >= 11 is 13.3. The lowest BCUT2D eigenvalue weighted by atomic mass is 9.98. The number of hydrogen-bond donors (Lipinski definition) is 2. The van der Waals surface area contributed by atoms with E-state index in [1.807, 2.05) is 26.8 Å². The van der Waals surface area contributed by atoms with Crippen LogP contribution in [-0.2, 0) is 17.8 Å². The Labute approximate surface area is 248 Å². The fourth-order valence-electron chi connectivity index (χ4n) is 5.07. The third-order valence-corrected chi connectivity index (χ3v) is 7.56. The number of aromatic nitrogens is 3. The van der Waals surface area contributed by atoms with Crippen LogP contribution >= 0.6 is 23.2 Å². The Bertz CT molecular complexity index is 1570. The van der Waals surface area contributed by atoms with E-state index in [9.17, 15) is 14.3 Å². The van der Waals surface area contributed by atoms with Gasteiger partial charge in [0.1, 0.15) is 11.2 Å². The SMILES string of the molecule is CC(C)(C)OC(=O)N1CCCC(Cn2c(-c3c(Cl)cccc3Cl)cc3cnc(NCc4ccc(O)c(F)c4)nc32)C1. The summed E-state index contributed by atoms with van der Waals surface area (Å²) in [5.41, 5.74) is 2.24. The van der Waals surface area contributed by atoms with Gasteiger partial charge in [0.2, 0.25) is 5.95 Å². The number of nitrogens with one attached hydrogen (secondary N) is 1. The monoisotopic (exact) mass is 599 g/mol. The molecule has 1 saturated heterocycles. The smallest absolute Gasteiger partial charge is 0.410 e. The van der Waals surface area contributed by atoms with Crippen molar-refractivity contribution in [2.45, 2.75) is 52.3 Å². The lowest BCUT2D eigenvalue weighted by Gasteiger charge is -2.34. The largest absolute Gasteiger partial charge is 0.505 e. The Hall–Kier alpha value is -3.56. The molecule has 2 aromatic heterocycles. The Morgan fingerprint density at radius 1 is 1.20 bits per heavy atom. The molecular weight excluding hydrogens is 568 g/mol. The molecule has 0 radical (unpaired) electrons. The molecule has 4 aromatic rings. The summed E-state index contributed by atoms with van der Waals surface area (Å²) < 4.78 is 21.5. The van der Waals surface area contributed by atoms with Gasteiger partial charge in [0.25, 0.3) is 0 Å². The van der Waals surface area contributed by atoms with Crippen LogP contribution in [-0.4, -0.2) is 49.3 Å². The van der Waals surface area contributed by atoms with E-state index in [4.69, 9.17) is 32.9 Å². The van der Waals surface area contributed by atoms with Gasteiger partial charge in [-0.25, -0.2) is 14.2 Å². The van der Waals surface area contributed by atoms with Crippen LogP contribution in [0.15, 0.2) is 48.7 Å². The Kier molecular flexibility index (Phi) is 8.29. The van der Waals surface area contributed by atoms with Crippen molar-refractivity contribution in [1.82, 2.24) is 19.4 Å². The average Bonchev–Trinajstić information content (AvgIpc) is 3.25. The van der Waals surface area contributed by atoms with Crippen LogP contribution in [0.1, 0.15) is 39.2 Å². The fourth-order valence-corrected chi connectivity index (χ4v) is 5.66. The van der Waals surface area contributed by atoms with Crippen LogP contribution in [0, 0.1) is 11.7 Å². The first-order valence-electron chi connectivity index (χ1n) is 13.5. The van der Waals surface area contributed by atoms with Crippen LogP contribution in [0.2, 0.25) is 10.0 Å². The fraction of sp³-hybridized carbons (Fsp3) is 0.367. The number of ether oxygens (including phenoxy) is 1. The van der Waals surface area contributed by atoms with Crippen molar-refractivity contribution in [3.05, 3.63) is 70.1 Å². The van der Waals surface area contributed by atoms with Crippen LogP contribution in [0.3, 0.4) is 0 Å². The zero-order valence-electron chi connectivity index (χ0n) is 23.1. The van der Waals surface area contributed by atoms with Crippen molar-refractivity contribution < 1.29 is 19.0 Å². The second-order valence-corrected chi connectivity index (χ2v) is 12.1. The average molecular weight is 601 g/mol. The summed E-state index contributed by atoms with van der Waals surface area (Å²) in [4.78, 5) is 23.9. The maximum atomic E-state index is 13.8. The number of rotatable bonds is 6. The first kappa shape index (κ1) is 29.0. The lowest BCUT2D eigenvalue weighted by molar-refractivity contribution is 0.0158. The molecule has 3 heterocycles. The molecule has 5 rings (SSSR count). The number of phenolic OH excluding ortho intramolecular Hbond substituents is 1. The quantitative estimate of drug-likeness (QED) is 0.238. The molecule has 8 nitrogen and oxygen atoms in total. The summed E-state index contributed by atoms with van der Waals surface area (Å²) in [5, 5.41) is 14.4. The van der Waals surface area contributed by atoms with E-state index in [1.165, 1.54) is 12.1 Å². The number of fused-ring (bicyclic) bond motifs is 1. The number of carbonyl (C=O) groups excluding carboxylic acids is 1. The zero-order chi connectivity index (χ0) is 29.3. The number of piperidine rings is 1. The molecule has 1 unspecified atom stereocenters. The molecular formula is C30H32Cl2FN5O3. The Morgan fingerprint density at radius 3 is 2.66 bits per heavy atom. The topological polar surface area (TPSA) is 92.5 Å². The molecule has 216 valence electrons. The molecule has 1 atom stereocenters. The van der Waals surface area contributed by atoms with Gasteiger partial charge >= 0.3 is 6.09 Å². The van der Waals surface area contributed by atoms with Crippen molar-refractivity contribution in [2.24, 2.45) is 5.92 Å². The molecule has 1 aliphatic rings. The van der Waals surface area contributed by atoms with Crippen LogP contribution in [0.5, 0.6) is 5.75 Å². The maximum Gasteiger partial charge on any atom is 0.410 e. The van der Waals surface area contributed by atoms with Crippen molar-refractivity contribution in [3.8, 4) is 17.0 Å². The maximum absolute atomic E-state index is 13.8. The van der Waals surface area contributed by atoms with Crippen LogP contribution in [0.25, 0.3) is 22.3 Å². The van der Waals surface area contributed by atoms with E-state index in [0.29, 0.717) is 52.4 Å². The molecule has 0 spiro atoms. The Morgan fingerprint density at radius 2 is 1.95 bits per heavy atom. The molecule has 11 heteroatoms. The van der Waals surface area contributed by atoms with E-state index < -0.39 is 17.2 Å². The second-order valence-electron chi connectivity index (χ2n) is 11.3. The first-order chi connectivity index (χ1) is 19.5. The van der Waals surface area contributed by atoms with Gasteiger partial charge < -0.3 is 24.6 Å². The summed E-state index contributed by atoms with van der Waals surface area (Å²) in [7, 11) is 0. The number of halogens is 3. The molecule has 1 fully saturated rings. The third kappa shape index (κ3) is 6.68. The number of amides is 1. The highest BCUT2D eigenvalue weighted by atomic mass is 35.5. The number of anilines is 1. The number of nitrogens with zero attached hydrogens (tertiary/aromatic N) is 4. The Balaban J connectivity index is 1.48. The molecule has 0 aliphatic carbocycles. The number of phenols is 1.